The fraction of sp³-hybridized carbons (Fsp3) is 0.350. The number of nitrogens with zero attached hydrogens (tertiary/aromatic N) is 1. The SMILES string of the molecule is CC(C)Oc1ccc(NC(N)=NCc2ccc(S(=O)(=O)NC3CC3)cc2)cc1. The molecule has 0 aromatic heterocycles. The highest BCUT2D eigenvalue weighted by atomic mass is 32.2. The summed E-state index contributed by atoms with van der Waals surface area (Å²) in [6, 6.07) is 14.2. The number of anilines is 1. The fourth-order valence-electron chi connectivity index (χ4n) is 2.52. The molecule has 150 valence electrons. The Bertz CT molecular complexity index is 919. The lowest BCUT2D eigenvalue weighted by molar-refractivity contribution is 0.242. The molecule has 1 aliphatic rings. The summed E-state index contributed by atoms with van der Waals surface area (Å²) >= 11 is 0. The van der Waals surface area contributed by atoms with Crippen LogP contribution < -0.4 is 20.5 Å². The third-order valence-corrected chi connectivity index (χ3v) is 5.60. The maximum atomic E-state index is 12.2. The van der Waals surface area contributed by atoms with Gasteiger partial charge in [0.1, 0.15) is 5.75 Å². The molecule has 0 spiro atoms. The van der Waals surface area contributed by atoms with E-state index in [1.54, 1.807) is 24.3 Å². The molecule has 7 nitrogen and oxygen atoms in total. The molecule has 0 radical (unpaired) electrons. The second kappa shape index (κ2) is 8.62. The first-order chi connectivity index (χ1) is 13.3. The van der Waals surface area contributed by atoms with E-state index in [4.69, 9.17) is 10.5 Å². The molecular formula is C20H26N4O3S. The van der Waals surface area contributed by atoms with Crippen molar-refractivity contribution in [1.29, 1.82) is 0 Å². The summed E-state index contributed by atoms with van der Waals surface area (Å²) in [5, 5.41) is 3.02. The molecule has 0 atom stereocenters. The lowest BCUT2D eigenvalue weighted by atomic mass is 10.2. The van der Waals surface area contributed by atoms with E-state index in [0.29, 0.717) is 6.54 Å². The Morgan fingerprint density at radius 2 is 1.79 bits per heavy atom. The zero-order valence-corrected chi connectivity index (χ0v) is 16.9. The van der Waals surface area contributed by atoms with Crippen LogP contribution in [0.1, 0.15) is 32.3 Å². The minimum absolute atomic E-state index is 0.0890. The molecule has 0 aliphatic heterocycles. The fourth-order valence-corrected chi connectivity index (χ4v) is 3.82. The van der Waals surface area contributed by atoms with E-state index >= 15 is 0 Å². The predicted octanol–water partition coefficient (Wildman–Crippen LogP) is 2.84. The Labute approximate surface area is 166 Å². The highest BCUT2D eigenvalue weighted by Gasteiger charge is 2.27. The van der Waals surface area contributed by atoms with E-state index < -0.39 is 10.0 Å². The summed E-state index contributed by atoms with van der Waals surface area (Å²) in [6.45, 7) is 4.30. The predicted molar refractivity (Wildman–Crippen MR) is 111 cm³/mol. The summed E-state index contributed by atoms with van der Waals surface area (Å²) in [5.41, 5.74) is 7.62. The van der Waals surface area contributed by atoms with Gasteiger partial charge in [-0.25, -0.2) is 18.1 Å². The Morgan fingerprint density at radius 1 is 1.14 bits per heavy atom. The van der Waals surface area contributed by atoms with Gasteiger partial charge in [-0.1, -0.05) is 12.1 Å². The first kappa shape index (κ1) is 20.2. The van der Waals surface area contributed by atoms with Crippen LogP contribution in [0, 0.1) is 0 Å². The van der Waals surface area contributed by atoms with Crippen molar-refractivity contribution in [1.82, 2.24) is 4.72 Å². The van der Waals surface area contributed by atoms with E-state index in [0.717, 1.165) is 29.8 Å². The van der Waals surface area contributed by atoms with Gasteiger partial charge in [0.2, 0.25) is 10.0 Å². The summed E-state index contributed by atoms with van der Waals surface area (Å²) in [6.07, 6.45) is 1.94. The summed E-state index contributed by atoms with van der Waals surface area (Å²) < 4.78 is 32.6. The van der Waals surface area contributed by atoms with Gasteiger partial charge in [-0.2, -0.15) is 0 Å². The second-order valence-electron chi connectivity index (χ2n) is 7.06. The van der Waals surface area contributed by atoms with Crippen LogP contribution in [-0.2, 0) is 16.6 Å². The topological polar surface area (TPSA) is 106 Å². The van der Waals surface area contributed by atoms with E-state index in [2.05, 4.69) is 15.0 Å². The van der Waals surface area contributed by atoms with E-state index in [1.165, 1.54) is 0 Å². The summed E-state index contributed by atoms with van der Waals surface area (Å²) in [4.78, 5) is 4.56. The molecule has 1 aliphatic carbocycles. The highest BCUT2D eigenvalue weighted by molar-refractivity contribution is 7.89. The third kappa shape index (κ3) is 5.97. The zero-order valence-electron chi connectivity index (χ0n) is 16.1. The number of hydrogen-bond donors (Lipinski definition) is 3. The van der Waals surface area contributed by atoms with Crippen molar-refractivity contribution in [3.63, 3.8) is 0 Å². The Balaban J connectivity index is 1.55. The van der Waals surface area contributed by atoms with Crippen molar-refractivity contribution in [3.8, 4) is 5.75 Å². The number of hydrogen-bond acceptors (Lipinski definition) is 4. The number of guanidine groups is 1. The largest absolute Gasteiger partial charge is 0.491 e. The van der Waals surface area contributed by atoms with Crippen molar-refractivity contribution in [2.75, 3.05) is 5.32 Å². The zero-order chi connectivity index (χ0) is 20.1. The molecular weight excluding hydrogens is 376 g/mol. The lowest BCUT2D eigenvalue weighted by Gasteiger charge is -2.11. The molecule has 0 bridgehead atoms. The van der Waals surface area contributed by atoms with Crippen molar-refractivity contribution in [3.05, 3.63) is 54.1 Å². The molecule has 2 aromatic carbocycles. The quantitative estimate of drug-likeness (QED) is 0.465. The van der Waals surface area contributed by atoms with Crippen LogP contribution in [0.5, 0.6) is 5.75 Å². The molecule has 1 fully saturated rings. The Hall–Kier alpha value is -2.58. The van der Waals surface area contributed by atoms with Gasteiger partial charge >= 0.3 is 0 Å². The minimum atomic E-state index is -3.43. The van der Waals surface area contributed by atoms with E-state index in [1.807, 2.05) is 38.1 Å². The minimum Gasteiger partial charge on any atom is -0.491 e. The van der Waals surface area contributed by atoms with Gasteiger partial charge in [0, 0.05) is 11.7 Å². The molecule has 0 heterocycles. The van der Waals surface area contributed by atoms with Crippen LogP contribution >= 0.6 is 0 Å². The van der Waals surface area contributed by atoms with Crippen molar-refractivity contribution in [2.24, 2.45) is 10.7 Å². The van der Waals surface area contributed by atoms with Gasteiger partial charge in [-0.3, -0.25) is 0 Å². The molecule has 0 saturated heterocycles. The van der Waals surface area contributed by atoms with E-state index in [9.17, 15) is 8.42 Å². The number of aliphatic imine (C=N–C) groups is 1. The van der Waals surface area contributed by atoms with Crippen LogP contribution in [0.4, 0.5) is 5.69 Å². The van der Waals surface area contributed by atoms with Crippen molar-refractivity contribution in [2.45, 2.75) is 50.3 Å². The smallest absolute Gasteiger partial charge is 0.240 e. The third-order valence-electron chi connectivity index (χ3n) is 4.06. The Morgan fingerprint density at radius 3 is 2.36 bits per heavy atom. The van der Waals surface area contributed by atoms with Crippen LogP contribution in [0.2, 0.25) is 0 Å². The van der Waals surface area contributed by atoms with Gasteiger partial charge in [-0.15, -0.1) is 0 Å². The van der Waals surface area contributed by atoms with Gasteiger partial charge in [0.05, 0.1) is 17.5 Å². The number of ether oxygens (including phenoxy) is 1. The van der Waals surface area contributed by atoms with Crippen LogP contribution in [0.25, 0.3) is 0 Å². The molecule has 0 unspecified atom stereocenters. The lowest BCUT2D eigenvalue weighted by Crippen LogP contribution is -2.25. The summed E-state index contributed by atoms with van der Waals surface area (Å²) in [7, 11) is -3.43. The second-order valence-corrected chi connectivity index (χ2v) is 8.77. The number of nitrogens with one attached hydrogen (secondary N) is 2. The number of sulfonamides is 1. The number of rotatable bonds is 8. The van der Waals surface area contributed by atoms with Gasteiger partial charge in [-0.05, 0) is 68.7 Å². The number of nitrogens with two attached hydrogens (primary N) is 1. The molecule has 1 saturated carbocycles. The van der Waals surface area contributed by atoms with Gasteiger partial charge < -0.3 is 15.8 Å². The molecule has 4 N–H and O–H groups in total. The van der Waals surface area contributed by atoms with Crippen LogP contribution in [-0.4, -0.2) is 26.5 Å². The average molecular weight is 403 g/mol. The van der Waals surface area contributed by atoms with Crippen LogP contribution in [0.15, 0.2) is 58.4 Å². The maximum Gasteiger partial charge on any atom is 0.240 e. The average Bonchev–Trinajstić information content (AvgIpc) is 3.45. The maximum absolute atomic E-state index is 12.2. The number of benzene rings is 2. The van der Waals surface area contributed by atoms with Crippen molar-refractivity contribution < 1.29 is 13.2 Å². The molecule has 2 aromatic rings. The molecule has 3 rings (SSSR count). The van der Waals surface area contributed by atoms with Gasteiger partial charge in [0.15, 0.2) is 5.96 Å². The highest BCUT2D eigenvalue weighted by Crippen LogP contribution is 2.22. The first-order valence-corrected chi connectivity index (χ1v) is 10.7. The standard InChI is InChI=1S/C20H26N4O3S/c1-14(2)27-18-9-7-16(8-10-18)23-20(21)22-13-15-3-11-19(12-4-15)28(25,26)24-17-5-6-17/h3-4,7-12,14,17,24H,5-6,13H2,1-2H3,(H3,21,22,23). The first-order valence-electron chi connectivity index (χ1n) is 9.27. The monoisotopic (exact) mass is 402 g/mol. The Kier molecular flexibility index (Phi) is 6.21. The normalized spacial score (nSPS) is 14.9. The van der Waals surface area contributed by atoms with Crippen molar-refractivity contribution >= 4 is 21.7 Å². The molecule has 8 heteroatoms. The van der Waals surface area contributed by atoms with E-state index in [-0.39, 0.29) is 23.0 Å². The molecule has 0 amide bonds. The van der Waals surface area contributed by atoms with Crippen LogP contribution in [0.3, 0.4) is 0 Å². The molecule has 28 heavy (non-hydrogen) atoms. The van der Waals surface area contributed by atoms with Gasteiger partial charge in [0.25, 0.3) is 0 Å². The summed E-state index contributed by atoms with van der Waals surface area (Å²) in [5.74, 6) is 1.08.